The Balaban J connectivity index is 2.49. The van der Waals surface area contributed by atoms with Gasteiger partial charge in [0, 0.05) is 57.9 Å². The lowest BCUT2D eigenvalue weighted by molar-refractivity contribution is -0.194. The molecular formula is C37H48O14. The minimum atomic E-state index is -2.35. The highest BCUT2D eigenvalue weighted by molar-refractivity contribution is 5.89. The first-order valence-corrected chi connectivity index (χ1v) is 16.5. The van der Waals surface area contributed by atoms with Crippen LogP contribution in [0.4, 0.5) is 0 Å². The van der Waals surface area contributed by atoms with Gasteiger partial charge in [0.05, 0.1) is 11.5 Å². The Morgan fingerprint density at radius 1 is 0.725 bits per heavy atom. The van der Waals surface area contributed by atoms with Crippen LogP contribution < -0.4 is 0 Å². The van der Waals surface area contributed by atoms with Crippen molar-refractivity contribution in [2.24, 2.45) is 17.3 Å². The molecule has 0 aliphatic heterocycles. The third-order valence-corrected chi connectivity index (χ3v) is 9.14. The molecule has 0 spiro atoms. The summed E-state index contributed by atoms with van der Waals surface area (Å²) < 4.78 is 34.6. The van der Waals surface area contributed by atoms with Crippen molar-refractivity contribution in [1.29, 1.82) is 0 Å². The number of hydrogen-bond donors (Lipinski definition) is 2. The van der Waals surface area contributed by atoms with Crippen molar-refractivity contribution in [3.63, 3.8) is 0 Å². The Bertz CT molecular complexity index is 1550. The van der Waals surface area contributed by atoms with E-state index in [1.54, 1.807) is 51.1 Å². The second-order valence-corrected chi connectivity index (χ2v) is 14.0. The van der Waals surface area contributed by atoms with Crippen molar-refractivity contribution < 1.29 is 67.4 Å². The van der Waals surface area contributed by atoms with Crippen LogP contribution in [0.3, 0.4) is 0 Å². The Morgan fingerprint density at radius 2 is 1.24 bits per heavy atom. The molecule has 51 heavy (non-hydrogen) atoms. The third-order valence-electron chi connectivity index (χ3n) is 9.14. The van der Waals surface area contributed by atoms with Gasteiger partial charge in [-0.3, -0.25) is 24.0 Å². The van der Waals surface area contributed by atoms with E-state index in [0.717, 1.165) is 34.6 Å². The summed E-state index contributed by atoms with van der Waals surface area (Å²) in [6, 6.07) is 7.78. The van der Waals surface area contributed by atoms with E-state index < -0.39 is 107 Å². The number of carbonyl (C=O) groups excluding carboxylic acids is 6. The minimum Gasteiger partial charge on any atom is -0.459 e. The van der Waals surface area contributed by atoms with Crippen molar-refractivity contribution in [2.45, 2.75) is 117 Å². The zero-order valence-electron chi connectivity index (χ0n) is 30.4. The van der Waals surface area contributed by atoms with Crippen LogP contribution in [-0.2, 0) is 52.4 Å². The van der Waals surface area contributed by atoms with Gasteiger partial charge in [-0.2, -0.15) is 0 Å². The molecule has 2 aliphatic rings. The topological polar surface area (TPSA) is 198 Å². The number of esters is 6. The molecule has 1 aromatic carbocycles. The van der Waals surface area contributed by atoms with Gasteiger partial charge in [0.25, 0.3) is 0 Å². The standard InChI is InChI=1S/C37H48O14/c1-19-16-17-35(8,9)33(49-24(6)41)28(43)30(47-22(4)39)20(2)29(46-21(3)38)27-32(50-34(44)26-14-12-11-13-15-26)36(10,51-25(7)42)18-37(27,45)31(19)48-23(5)40/h11-17,19,27-33,43,45H,2,18H2,1,3-10H3/b17-16-/t19?,27-,28?,29?,30?,31?,32?,33?,36?,37?/m0/s1. The van der Waals surface area contributed by atoms with Crippen LogP contribution in [0.15, 0.2) is 54.6 Å². The average molecular weight is 717 g/mol. The van der Waals surface area contributed by atoms with Gasteiger partial charge in [-0.15, -0.1) is 0 Å². The smallest absolute Gasteiger partial charge is 0.338 e. The van der Waals surface area contributed by atoms with E-state index in [2.05, 4.69) is 6.58 Å². The monoisotopic (exact) mass is 716 g/mol. The Kier molecular flexibility index (Phi) is 12.6. The Labute approximate surface area is 297 Å². The van der Waals surface area contributed by atoms with E-state index in [-0.39, 0.29) is 11.1 Å². The molecule has 280 valence electrons. The summed E-state index contributed by atoms with van der Waals surface area (Å²) >= 11 is 0. The van der Waals surface area contributed by atoms with E-state index in [4.69, 9.17) is 28.4 Å². The molecule has 14 heteroatoms. The number of rotatable bonds is 7. The first kappa shape index (κ1) is 40.9. The van der Waals surface area contributed by atoms with Crippen LogP contribution in [0, 0.1) is 17.3 Å². The minimum absolute atomic E-state index is 0.0848. The van der Waals surface area contributed by atoms with Gasteiger partial charge in [-0.05, 0) is 19.1 Å². The highest BCUT2D eigenvalue weighted by atomic mass is 16.6. The number of ether oxygens (including phenoxy) is 6. The number of hydrogen-bond acceptors (Lipinski definition) is 14. The van der Waals surface area contributed by atoms with Gasteiger partial charge >= 0.3 is 35.8 Å². The molecule has 1 aromatic rings. The van der Waals surface area contributed by atoms with Crippen molar-refractivity contribution in [3.8, 4) is 0 Å². The van der Waals surface area contributed by atoms with Crippen molar-refractivity contribution in [2.75, 3.05) is 0 Å². The van der Waals surface area contributed by atoms with Crippen LogP contribution in [0.5, 0.6) is 0 Å². The molecule has 2 aliphatic carbocycles. The molecule has 2 N–H and O–H groups in total. The summed E-state index contributed by atoms with van der Waals surface area (Å²) in [4.78, 5) is 76.9. The summed E-state index contributed by atoms with van der Waals surface area (Å²) in [5.74, 6) is -7.72. The van der Waals surface area contributed by atoms with Crippen molar-refractivity contribution >= 4 is 35.8 Å². The quantitative estimate of drug-likeness (QED) is 0.237. The maximum atomic E-state index is 13.7. The highest BCUT2D eigenvalue weighted by Crippen LogP contribution is 2.54. The second-order valence-electron chi connectivity index (χ2n) is 14.0. The zero-order valence-corrected chi connectivity index (χ0v) is 30.4. The van der Waals surface area contributed by atoms with Gasteiger partial charge < -0.3 is 38.6 Å². The van der Waals surface area contributed by atoms with Crippen molar-refractivity contribution in [3.05, 3.63) is 60.2 Å². The molecule has 0 saturated heterocycles. The predicted octanol–water partition coefficient (Wildman–Crippen LogP) is 3.16. The summed E-state index contributed by atoms with van der Waals surface area (Å²) in [5, 5.41) is 25.0. The Morgan fingerprint density at radius 3 is 1.75 bits per heavy atom. The number of benzene rings is 1. The first-order valence-electron chi connectivity index (χ1n) is 16.5. The number of carbonyl (C=O) groups is 6. The molecule has 1 fully saturated rings. The maximum absolute atomic E-state index is 13.7. The van der Waals surface area contributed by atoms with Gasteiger partial charge in [-0.25, -0.2) is 4.79 Å². The molecule has 0 heterocycles. The molecule has 9 unspecified atom stereocenters. The highest BCUT2D eigenvalue weighted by Gasteiger charge is 2.70. The summed E-state index contributed by atoms with van der Waals surface area (Å²) in [7, 11) is 0. The van der Waals surface area contributed by atoms with Gasteiger partial charge in [-0.1, -0.05) is 57.7 Å². The lowest BCUT2D eigenvalue weighted by Crippen LogP contribution is -2.59. The summed E-state index contributed by atoms with van der Waals surface area (Å²) in [6.45, 7) is 15.8. The van der Waals surface area contributed by atoms with Crippen LogP contribution in [0.25, 0.3) is 0 Å². The van der Waals surface area contributed by atoms with Crippen molar-refractivity contribution in [1.82, 2.24) is 0 Å². The van der Waals surface area contributed by atoms with Gasteiger partial charge in [0.15, 0.2) is 12.2 Å². The lowest BCUT2D eigenvalue weighted by Gasteiger charge is -2.45. The van der Waals surface area contributed by atoms with E-state index >= 15 is 0 Å². The fraction of sp³-hybridized carbons (Fsp3) is 0.568. The molecule has 0 amide bonds. The number of aliphatic hydroxyl groups is 2. The normalized spacial score (nSPS) is 33.9. The average Bonchev–Trinajstić information content (AvgIpc) is 3.22. The van der Waals surface area contributed by atoms with Gasteiger partial charge in [0.2, 0.25) is 0 Å². The second kappa shape index (κ2) is 15.8. The van der Waals surface area contributed by atoms with E-state index in [0.29, 0.717) is 0 Å². The first-order chi connectivity index (χ1) is 23.5. The van der Waals surface area contributed by atoms with E-state index in [1.807, 2.05) is 0 Å². The zero-order chi connectivity index (χ0) is 38.6. The third kappa shape index (κ3) is 9.22. The predicted molar refractivity (Wildman–Crippen MR) is 178 cm³/mol. The molecule has 0 bridgehead atoms. The molecule has 0 radical (unpaired) electrons. The van der Waals surface area contributed by atoms with E-state index in [1.165, 1.54) is 19.1 Å². The summed E-state index contributed by atoms with van der Waals surface area (Å²) in [5.41, 5.74) is -5.68. The molecule has 0 aromatic heterocycles. The lowest BCUT2D eigenvalue weighted by atomic mass is 9.71. The van der Waals surface area contributed by atoms with Gasteiger partial charge in [0.1, 0.15) is 35.6 Å². The number of fused-ring (bicyclic) bond motifs is 1. The van der Waals surface area contributed by atoms with Crippen LogP contribution >= 0.6 is 0 Å². The molecule has 3 rings (SSSR count). The number of aliphatic hydroxyl groups excluding tert-OH is 1. The molecule has 10 atom stereocenters. The fourth-order valence-corrected chi connectivity index (χ4v) is 7.21. The largest absolute Gasteiger partial charge is 0.459 e. The SMILES string of the molecule is C=C1C(OC(C)=O)C(O)C(OC(C)=O)C(C)(C)/C=C\C(C)C(OC(C)=O)C2(O)CC(C)(OC(C)=O)C(OC(=O)c3ccccc3)[C@@H]2C1OC(C)=O. The molecular weight excluding hydrogens is 668 g/mol. The maximum Gasteiger partial charge on any atom is 0.338 e. The van der Waals surface area contributed by atoms with Crippen LogP contribution in [0.2, 0.25) is 0 Å². The van der Waals surface area contributed by atoms with Crippen LogP contribution in [-0.4, -0.2) is 93.9 Å². The van der Waals surface area contributed by atoms with Crippen LogP contribution in [0.1, 0.15) is 79.1 Å². The fourth-order valence-electron chi connectivity index (χ4n) is 7.21. The molecule has 14 nitrogen and oxygen atoms in total. The summed E-state index contributed by atoms with van der Waals surface area (Å²) in [6.07, 6.45) is -7.38. The Hall–Kier alpha value is -4.56. The van der Waals surface area contributed by atoms with E-state index in [9.17, 15) is 39.0 Å². The molecule has 1 saturated carbocycles.